The molecular formula is C9H16F3N2Sn. The average molecular weight is 328 g/mol. The van der Waals surface area contributed by atoms with Gasteiger partial charge < -0.3 is 0 Å². The van der Waals surface area contributed by atoms with E-state index in [1.807, 2.05) is 20.8 Å². The quantitative estimate of drug-likeness (QED) is 0.442. The van der Waals surface area contributed by atoms with Crippen LogP contribution in [0, 0.1) is 0 Å². The van der Waals surface area contributed by atoms with E-state index in [2.05, 4.69) is 4.99 Å². The van der Waals surface area contributed by atoms with Gasteiger partial charge in [0.15, 0.2) is 0 Å². The van der Waals surface area contributed by atoms with Crippen LogP contribution in [0.5, 0.6) is 0 Å². The Bertz CT molecular complexity index is 226. The van der Waals surface area contributed by atoms with Crippen molar-refractivity contribution in [1.82, 2.24) is 3.12 Å². The molecule has 1 unspecified atom stereocenters. The summed E-state index contributed by atoms with van der Waals surface area (Å²) in [6, 6.07) is -1.42. The van der Waals surface area contributed by atoms with Crippen molar-refractivity contribution >= 4 is 28.6 Å². The van der Waals surface area contributed by atoms with Crippen LogP contribution in [-0.4, -0.2) is 50.0 Å². The van der Waals surface area contributed by atoms with Gasteiger partial charge in [0.25, 0.3) is 0 Å². The molecule has 6 heteroatoms. The molecule has 0 saturated heterocycles. The van der Waals surface area contributed by atoms with Crippen LogP contribution in [0.25, 0.3) is 0 Å². The van der Waals surface area contributed by atoms with Gasteiger partial charge in [0.05, 0.1) is 0 Å². The number of halogens is 3. The third-order valence-electron chi connectivity index (χ3n) is 1.86. The van der Waals surface area contributed by atoms with Gasteiger partial charge in [-0.25, -0.2) is 0 Å². The second-order valence-electron chi connectivity index (χ2n) is 3.58. The van der Waals surface area contributed by atoms with E-state index in [-0.39, 0.29) is 6.04 Å². The summed E-state index contributed by atoms with van der Waals surface area (Å²) < 4.78 is 38.6. The van der Waals surface area contributed by atoms with Gasteiger partial charge in [-0.1, -0.05) is 0 Å². The van der Waals surface area contributed by atoms with Crippen LogP contribution in [0.3, 0.4) is 0 Å². The van der Waals surface area contributed by atoms with Gasteiger partial charge in [0, 0.05) is 0 Å². The molecule has 0 aromatic heterocycles. The minimum atomic E-state index is -4.18. The first-order chi connectivity index (χ1) is 6.70. The van der Waals surface area contributed by atoms with Gasteiger partial charge >= 0.3 is 102 Å². The second kappa shape index (κ2) is 5.96. The normalized spacial score (nSPS) is 15.7. The number of nitrogens with zero attached hydrogens (tertiary/aromatic N) is 2. The Balaban J connectivity index is 4.74. The number of alkyl halides is 3. The Morgan fingerprint density at radius 1 is 1.33 bits per heavy atom. The van der Waals surface area contributed by atoms with Crippen LogP contribution >= 0.6 is 0 Å². The predicted octanol–water partition coefficient (Wildman–Crippen LogP) is 2.54. The first-order valence-corrected chi connectivity index (χ1v) is 6.11. The number of hydrogen-bond donors (Lipinski definition) is 0. The summed E-state index contributed by atoms with van der Waals surface area (Å²) in [5.41, 5.74) is 0. The van der Waals surface area contributed by atoms with Gasteiger partial charge in [0.2, 0.25) is 0 Å². The van der Waals surface area contributed by atoms with E-state index < -0.39 is 12.2 Å². The maximum atomic E-state index is 12.5. The van der Waals surface area contributed by atoms with E-state index in [1.54, 1.807) is 0 Å². The Morgan fingerprint density at radius 2 is 1.80 bits per heavy atom. The molecule has 0 heterocycles. The van der Waals surface area contributed by atoms with Crippen molar-refractivity contribution in [3.63, 3.8) is 0 Å². The molecule has 0 amide bonds. The number of amidine groups is 1. The fourth-order valence-corrected chi connectivity index (χ4v) is 2.03. The van der Waals surface area contributed by atoms with Crippen LogP contribution in [0.2, 0.25) is 0 Å². The van der Waals surface area contributed by atoms with Crippen molar-refractivity contribution in [2.45, 2.75) is 52.4 Å². The molecule has 0 aromatic rings. The Hall–Kier alpha value is 0.0587. The molecule has 0 rings (SSSR count). The van der Waals surface area contributed by atoms with Crippen LogP contribution in [-0.2, 0) is 0 Å². The van der Waals surface area contributed by atoms with E-state index in [0.717, 1.165) is 22.8 Å². The van der Waals surface area contributed by atoms with E-state index in [4.69, 9.17) is 0 Å². The van der Waals surface area contributed by atoms with Crippen LogP contribution in [0.1, 0.15) is 34.1 Å². The van der Waals surface area contributed by atoms with Crippen molar-refractivity contribution in [2.75, 3.05) is 0 Å². The fourth-order valence-electron chi connectivity index (χ4n) is 0.992. The van der Waals surface area contributed by atoms with Gasteiger partial charge in [-0.2, -0.15) is 0 Å². The molecule has 2 nitrogen and oxygen atoms in total. The third kappa shape index (κ3) is 5.08. The van der Waals surface area contributed by atoms with Crippen LogP contribution in [0.4, 0.5) is 13.2 Å². The average Bonchev–Trinajstić information content (AvgIpc) is 2.10. The first-order valence-electron chi connectivity index (χ1n) is 4.84. The monoisotopic (exact) mass is 329 g/mol. The van der Waals surface area contributed by atoms with E-state index in [9.17, 15) is 13.2 Å². The summed E-state index contributed by atoms with van der Waals surface area (Å²) in [7, 11) is 0. The van der Waals surface area contributed by atoms with Crippen molar-refractivity contribution in [1.29, 1.82) is 0 Å². The summed E-state index contributed by atoms with van der Waals surface area (Å²) >= 11 is 0.721. The van der Waals surface area contributed by atoms with E-state index in [0.29, 0.717) is 12.3 Å². The maximum absolute atomic E-state index is 12.5. The molecule has 0 aliphatic heterocycles. The molecule has 87 valence electrons. The summed E-state index contributed by atoms with van der Waals surface area (Å²) in [5.74, 6) is 0.535. The second-order valence-corrected chi connectivity index (χ2v) is 4.96. The van der Waals surface area contributed by atoms with Crippen molar-refractivity contribution < 1.29 is 13.2 Å². The third-order valence-corrected chi connectivity index (χ3v) is 3.70. The number of hydrogen-bond acceptors (Lipinski definition) is 1. The van der Waals surface area contributed by atoms with Crippen molar-refractivity contribution in [3.05, 3.63) is 0 Å². The molecule has 0 aromatic carbocycles. The van der Waals surface area contributed by atoms with Crippen molar-refractivity contribution in [2.24, 2.45) is 4.99 Å². The summed E-state index contributed by atoms with van der Waals surface area (Å²) in [5, 5.41) is 0. The zero-order valence-electron chi connectivity index (χ0n) is 9.39. The molecule has 0 aliphatic carbocycles. The topological polar surface area (TPSA) is 15.6 Å². The molecule has 0 saturated carbocycles. The van der Waals surface area contributed by atoms with Gasteiger partial charge in [-0.3, -0.25) is 0 Å². The molecule has 0 spiro atoms. The first kappa shape index (κ1) is 15.1. The zero-order valence-corrected chi connectivity index (χ0v) is 12.2. The number of aliphatic imine (C=N–C) groups is 1. The van der Waals surface area contributed by atoms with E-state index >= 15 is 0 Å². The van der Waals surface area contributed by atoms with Gasteiger partial charge in [-0.15, -0.1) is 0 Å². The minimum absolute atomic E-state index is 0.0309. The molecular weight excluding hydrogens is 312 g/mol. The molecule has 0 fully saturated rings. The number of rotatable bonds is 3. The summed E-state index contributed by atoms with van der Waals surface area (Å²) in [6.07, 6.45) is -3.65. The Kier molecular flexibility index (Phi) is 5.98. The molecule has 3 radical (unpaired) electrons. The van der Waals surface area contributed by atoms with Gasteiger partial charge in [-0.05, 0) is 0 Å². The standard InChI is InChI=1S/C9H16F3N2.Sn/c1-5-8(13-6(2)3)14-7(4)9(10,11)12;/h6-7H,5H2,1-4H3;/q-1;+1. The van der Waals surface area contributed by atoms with Crippen LogP contribution < -0.4 is 0 Å². The zero-order chi connectivity index (χ0) is 12.2. The summed E-state index contributed by atoms with van der Waals surface area (Å²) in [4.78, 5) is 4.20. The molecule has 15 heavy (non-hydrogen) atoms. The SMILES string of the molecule is CCC(=NC(C)C)[N]([Sn])C(C)C(F)(F)F. The van der Waals surface area contributed by atoms with E-state index in [1.165, 1.54) is 10.0 Å². The summed E-state index contributed by atoms with van der Waals surface area (Å²) in [6.45, 7) is 6.71. The molecule has 0 aliphatic rings. The fraction of sp³-hybridized carbons (Fsp3) is 0.889. The molecule has 0 N–H and O–H groups in total. The Labute approximate surface area is 102 Å². The predicted molar refractivity (Wildman–Crippen MR) is 56.0 cm³/mol. The van der Waals surface area contributed by atoms with Gasteiger partial charge in [0.1, 0.15) is 0 Å². The van der Waals surface area contributed by atoms with Crippen molar-refractivity contribution in [3.8, 4) is 0 Å². The van der Waals surface area contributed by atoms with Crippen LogP contribution in [0.15, 0.2) is 4.99 Å². The Morgan fingerprint density at radius 3 is 2.07 bits per heavy atom. The molecule has 0 bridgehead atoms. The molecule has 1 atom stereocenters.